The lowest BCUT2D eigenvalue weighted by Gasteiger charge is -2.44. The maximum absolute atomic E-state index is 12.9. The fraction of sp³-hybridized carbons (Fsp3) is 0.217. The Hall–Kier alpha value is -3.62. The van der Waals surface area contributed by atoms with Gasteiger partial charge in [0.05, 0.1) is 41.7 Å². The molecule has 8 heteroatoms. The fourth-order valence-corrected chi connectivity index (χ4v) is 3.82. The van der Waals surface area contributed by atoms with Crippen LogP contribution in [0.2, 0.25) is 0 Å². The number of hydrogen-bond acceptors (Lipinski definition) is 8. The average Bonchev–Trinajstić information content (AvgIpc) is 3.19. The van der Waals surface area contributed by atoms with Gasteiger partial charge >= 0.3 is 0 Å². The van der Waals surface area contributed by atoms with E-state index in [2.05, 4.69) is 4.99 Å². The Morgan fingerprint density at radius 2 is 1.84 bits per heavy atom. The van der Waals surface area contributed by atoms with Crippen LogP contribution in [0.3, 0.4) is 0 Å². The molecule has 0 saturated heterocycles. The summed E-state index contributed by atoms with van der Waals surface area (Å²) in [4.78, 5) is 9.33. The van der Waals surface area contributed by atoms with E-state index in [1.54, 1.807) is 43.5 Å². The molecule has 2 heterocycles. The Labute approximate surface area is 179 Å². The number of amidine groups is 1. The van der Waals surface area contributed by atoms with Gasteiger partial charge in [-0.15, -0.1) is 0 Å². The van der Waals surface area contributed by atoms with Gasteiger partial charge in [0.25, 0.3) is 0 Å². The van der Waals surface area contributed by atoms with E-state index in [0.29, 0.717) is 45.8 Å². The molecule has 2 aromatic rings. The van der Waals surface area contributed by atoms with Crippen molar-refractivity contribution < 1.29 is 14.7 Å². The maximum atomic E-state index is 12.9. The standard InChI is InChI=1S/C23H21N4O4/c1-13(2)31-21-9-8-14(10-22(21)30-3)23-24-15-11-19-20(12-16(15)25-23)27(29)18-7-5-4-6-17(18)26(19)28/h4-13,15,28H,1-3H3/q-1. The number of ether oxygens (including phenoxy) is 2. The number of anilines is 2. The first kappa shape index (κ1) is 19.3. The lowest BCUT2D eigenvalue weighted by molar-refractivity contribution is 0.230. The van der Waals surface area contributed by atoms with Crippen molar-refractivity contribution in [1.29, 1.82) is 0 Å². The van der Waals surface area contributed by atoms with Gasteiger partial charge in [0.1, 0.15) is 6.04 Å². The van der Waals surface area contributed by atoms with Crippen LogP contribution in [0.4, 0.5) is 11.4 Å². The first-order valence-corrected chi connectivity index (χ1v) is 9.97. The fourth-order valence-electron chi connectivity index (χ4n) is 3.82. The minimum absolute atomic E-state index is 0.0221. The highest BCUT2D eigenvalue weighted by Gasteiger charge is 2.33. The first-order chi connectivity index (χ1) is 15.0. The Bertz CT molecular complexity index is 1180. The van der Waals surface area contributed by atoms with Gasteiger partial charge in [-0.05, 0) is 56.3 Å². The summed E-state index contributed by atoms with van der Waals surface area (Å²) in [5.41, 5.74) is 2.93. The molecule has 0 aromatic heterocycles. The lowest BCUT2D eigenvalue weighted by Crippen LogP contribution is -2.36. The number of benzene rings is 2. The van der Waals surface area contributed by atoms with Crippen LogP contribution in [0, 0.1) is 5.21 Å². The van der Waals surface area contributed by atoms with E-state index in [1.807, 2.05) is 32.0 Å². The highest BCUT2D eigenvalue weighted by atomic mass is 16.5. The molecule has 5 rings (SSSR count). The molecule has 1 unspecified atom stereocenters. The Kier molecular flexibility index (Phi) is 4.53. The van der Waals surface area contributed by atoms with Crippen molar-refractivity contribution >= 4 is 22.9 Å². The van der Waals surface area contributed by atoms with Crippen molar-refractivity contribution in [3.05, 3.63) is 76.8 Å². The number of para-hydroxylation sites is 2. The normalized spacial score (nSPS) is 19.1. The van der Waals surface area contributed by atoms with Gasteiger partial charge in [-0.3, -0.25) is 10.2 Å². The molecular weight excluding hydrogens is 396 g/mol. The van der Waals surface area contributed by atoms with Gasteiger partial charge in [-0.25, -0.2) is 10.1 Å². The molecule has 0 bridgehead atoms. The number of hydrogen-bond donors (Lipinski definition) is 1. The van der Waals surface area contributed by atoms with Crippen LogP contribution >= 0.6 is 0 Å². The van der Waals surface area contributed by atoms with Gasteiger partial charge in [0.2, 0.25) is 0 Å². The summed E-state index contributed by atoms with van der Waals surface area (Å²) in [6.45, 7) is 3.90. The maximum Gasteiger partial charge on any atom is 0.161 e. The molecule has 0 radical (unpaired) electrons. The zero-order valence-corrected chi connectivity index (χ0v) is 17.3. The van der Waals surface area contributed by atoms with Gasteiger partial charge in [-0.1, -0.05) is 12.1 Å². The molecule has 1 aliphatic carbocycles. The second kappa shape index (κ2) is 7.26. The second-order valence-corrected chi connectivity index (χ2v) is 7.64. The molecule has 0 fully saturated rings. The number of aliphatic imine (C=N–C) groups is 2. The monoisotopic (exact) mass is 417 g/mol. The lowest BCUT2D eigenvalue weighted by atomic mass is 10.00. The van der Waals surface area contributed by atoms with Crippen LogP contribution in [0.15, 0.2) is 76.0 Å². The summed E-state index contributed by atoms with van der Waals surface area (Å²) >= 11 is 0. The van der Waals surface area contributed by atoms with Crippen molar-refractivity contribution in [3.63, 3.8) is 0 Å². The Morgan fingerprint density at radius 3 is 2.58 bits per heavy atom. The van der Waals surface area contributed by atoms with E-state index in [4.69, 9.17) is 14.5 Å². The zero-order valence-electron chi connectivity index (χ0n) is 17.3. The second-order valence-electron chi connectivity index (χ2n) is 7.64. The quantitative estimate of drug-likeness (QED) is 0.807. The van der Waals surface area contributed by atoms with Gasteiger partial charge in [-0.2, -0.15) is 0 Å². The predicted molar refractivity (Wildman–Crippen MR) is 119 cm³/mol. The first-order valence-electron chi connectivity index (χ1n) is 9.97. The highest BCUT2D eigenvalue weighted by Crippen LogP contribution is 2.42. The Balaban J connectivity index is 1.51. The third-order valence-corrected chi connectivity index (χ3v) is 5.22. The van der Waals surface area contributed by atoms with Crippen LogP contribution in [0.5, 0.6) is 11.5 Å². The Morgan fingerprint density at radius 1 is 1.06 bits per heavy atom. The van der Waals surface area contributed by atoms with Crippen LogP contribution < -0.4 is 19.6 Å². The van der Waals surface area contributed by atoms with Crippen LogP contribution in [0.1, 0.15) is 19.4 Å². The summed E-state index contributed by atoms with van der Waals surface area (Å²) in [5, 5.41) is 25.4. The van der Waals surface area contributed by atoms with Crippen LogP contribution in [-0.4, -0.2) is 36.0 Å². The summed E-state index contributed by atoms with van der Waals surface area (Å²) < 4.78 is 11.2. The third kappa shape index (κ3) is 3.17. The van der Waals surface area contributed by atoms with Gasteiger partial charge in [0, 0.05) is 5.56 Å². The van der Waals surface area contributed by atoms with E-state index in [0.717, 1.165) is 15.7 Å². The summed E-state index contributed by atoms with van der Waals surface area (Å²) in [5.74, 6) is 1.77. The van der Waals surface area contributed by atoms with Crippen molar-refractivity contribution in [1.82, 2.24) is 0 Å². The number of hydroxylamine groups is 2. The van der Waals surface area contributed by atoms with Gasteiger partial charge in [0.15, 0.2) is 17.3 Å². The SMILES string of the molecule is COc1cc(C2=NC3C=C4C(=CC3=N2)N([O-])c2ccccc2N4O)ccc1OC(C)C. The summed E-state index contributed by atoms with van der Waals surface area (Å²) in [7, 11) is 1.59. The molecular formula is C23H21N4O4-. The number of methoxy groups -OCH3 is 1. The molecule has 31 heavy (non-hydrogen) atoms. The minimum Gasteiger partial charge on any atom is -0.754 e. The number of nitrogens with zero attached hydrogens (tertiary/aromatic N) is 4. The molecule has 3 aliphatic rings. The molecule has 2 aliphatic heterocycles. The third-order valence-electron chi connectivity index (χ3n) is 5.22. The largest absolute Gasteiger partial charge is 0.754 e. The predicted octanol–water partition coefficient (Wildman–Crippen LogP) is 4.05. The molecule has 1 N–H and O–H groups in total. The number of rotatable bonds is 4. The molecule has 158 valence electrons. The smallest absolute Gasteiger partial charge is 0.161 e. The minimum atomic E-state index is -0.389. The molecule has 2 aromatic carbocycles. The highest BCUT2D eigenvalue weighted by molar-refractivity contribution is 6.18. The average molecular weight is 417 g/mol. The van der Waals surface area contributed by atoms with E-state index in [1.165, 1.54) is 0 Å². The van der Waals surface area contributed by atoms with E-state index < -0.39 is 0 Å². The summed E-state index contributed by atoms with van der Waals surface area (Å²) in [6.07, 6.45) is 3.44. The molecule has 0 saturated carbocycles. The number of fused-ring (bicyclic) bond motifs is 3. The van der Waals surface area contributed by atoms with Crippen molar-refractivity contribution in [3.8, 4) is 11.5 Å². The zero-order chi connectivity index (χ0) is 21.7. The van der Waals surface area contributed by atoms with Crippen LogP contribution in [-0.2, 0) is 0 Å². The van der Waals surface area contributed by atoms with Crippen molar-refractivity contribution in [2.45, 2.75) is 26.0 Å². The topological polar surface area (TPSA) is 93.0 Å². The van der Waals surface area contributed by atoms with Crippen molar-refractivity contribution in [2.24, 2.45) is 9.98 Å². The van der Waals surface area contributed by atoms with E-state index in [-0.39, 0.29) is 12.1 Å². The van der Waals surface area contributed by atoms with Gasteiger partial charge < -0.3 is 19.7 Å². The van der Waals surface area contributed by atoms with Crippen molar-refractivity contribution in [2.75, 3.05) is 17.2 Å². The van der Waals surface area contributed by atoms with E-state index in [9.17, 15) is 10.4 Å². The molecule has 8 nitrogen and oxygen atoms in total. The molecule has 0 amide bonds. The summed E-state index contributed by atoms with van der Waals surface area (Å²) in [6, 6.07) is 12.0. The molecule has 1 atom stereocenters. The molecule has 0 spiro atoms. The van der Waals surface area contributed by atoms with Crippen LogP contribution in [0.25, 0.3) is 0 Å². The van der Waals surface area contributed by atoms with E-state index >= 15 is 0 Å².